The van der Waals surface area contributed by atoms with Crippen molar-refractivity contribution >= 4 is 22.5 Å². The molecule has 1 atom stereocenters. The molecule has 21 heavy (non-hydrogen) atoms. The van der Waals surface area contributed by atoms with Crippen molar-refractivity contribution in [2.24, 2.45) is 0 Å². The molecule has 0 aliphatic carbocycles. The second-order valence-electron chi connectivity index (χ2n) is 5.60. The number of rotatable bonds is 6. The summed E-state index contributed by atoms with van der Waals surface area (Å²) in [5.41, 5.74) is 1.33. The maximum Gasteiger partial charge on any atom is 0.343 e. The molecule has 1 aliphatic rings. The number of anilines is 1. The van der Waals surface area contributed by atoms with Gasteiger partial charge in [0.1, 0.15) is 10.6 Å². The summed E-state index contributed by atoms with van der Waals surface area (Å²) in [6.07, 6.45) is 3.93. The Labute approximate surface area is 130 Å². The molecule has 118 valence electrons. The molecule has 1 aliphatic heterocycles. The van der Waals surface area contributed by atoms with Gasteiger partial charge in [0, 0.05) is 12.6 Å². The molecular weight excluding hydrogens is 286 g/mol. The first-order valence-corrected chi connectivity index (χ1v) is 8.51. The minimum absolute atomic E-state index is 0.281. The highest BCUT2D eigenvalue weighted by Crippen LogP contribution is 2.26. The fraction of sp³-hybridized carbons (Fsp3) is 0.733. The maximum atomic E-state index is 12.0. The summed E-state index contributed by atoms with van der Waals surface area (Å²) < 4.78 is 9.40. The number of hydrogen-bond acceptors (Lipinski definition) is 6. The molecule has 0 bridgehead atoms. The van der Waals surface area contributed by atoms with Crippen LogP contribution in [0.5, 0.6) is 0 Å². The van der Waals surface area contributed by atoms with E-state index < -0.39 is 0 Å². The Bertz CT molecular complexity index is 469. The van der Waals surface area contributed by atoms with Crippen LogP contribution in [-0.4, -0.2) is 47.5 Å². The molecule has 1 N–H and O–H groups in total. The quantitative estimate of drug-likeness (QED) is 0.819. The van der Waals surface area contributed by atoms with Gasteiger partial charge in [0.25, 0.3) is 0 Å². The number of aromatic nitrogens is 1. The first kappa shape index (κ1) is 16.2. The van der Waals surface area contributed by atoms with Crippen LogP contribution in [0.3, 0.4) is 0 Å². The number of ether oxygens (including phenoxy) is 1. The van der Waals surface area contributed by atoms with E-state index in [2.05, 4.69) is 21.5 Å². The van der Waals surface area contributed by atoms with E-state index in [0.717, 1.165) is 17.2 Å². The van der Waals surface area contributed by atoms with Gasteiger partial charge in [0.05, 0.1) is 12.3 Å². The highest BCUT2D eigenvalue weighted by Gasteiger charge is 2.21. The minimum Gasteiger partial charge on any atom is -0.462 e. The van der Waals surface area contributed by atoms with Crippen LogP contribution >= 0.6 is 11.5 Å². The van der Waals surface area contributed by atoms with E-state index in [9.17, 15) is 4.79 Å². The van der Waals surface area contributed by atoms with Gasteiger partial charge in [-0.1, -0.05) is 6.42 Å². The summed E-state index contributed by atoms with van der Waals surface area (Å²) in [5.74, 6) is -0.281. The number of hydrogen-bond donors (Lipinski definition) is 1. The molecule has 0 saturated carbocycles. The van der Waals surface area contributed by atoms with Crippen molar-refractivity contribution in [3.05, 3.63) is 11.3 Å². The predicted molar refractivity (Wildman–Crippen MR) is 86.2 cm³/mol. The molecule has 0 spiro atoms. The smallest absolute Gasteiger partial charge is 0.343 e. The third-order valence-electron chi connectivity index (χ3n) is 3.70. The van der Waals surface area contributed by atoms with Crippen LogP contribution in [-0.2, 0) is 4.74 Å². The molecule has 1 saturated heterocycles. The molecule has 0 radical (unpaired) electrons. The van der Waals surface area contributed by atoms with Crippen molar-refractivity contribution in [2.75, 3.05) is 31.6 Å². The fourth-order valence-corrected chi connectivity index (χ4v) is 3.61. The normalized spacial score (nSPS) is 17.5. The average molecular weight is 311 g/mol. The third-order valence-corrected chi connectivity index (χ3v) is 4.57. The zero-order chi connectivity index (χ0) is 15.2. The zero-order valence-electron chi connectivity index (χ0n) is 13.1. The first-order chi connectivity index (χ1) is 10.1. The number of aryl methyl sites for hydroxylation is 1. The van der Waals surface area contributed by atoms with Crippen LogP contribution in [0.2, 0.25) is 0 Å². The van der Waals surface area contributed by atoms with E-state index in [4.69, 9.17) is 4.74 Å². The van der Waals surface area contributed by atoms with Gasteiger partial charge >= 0.3 is 5.97 Å². The summed E-state index contributed by atoms with van der Waals surface area (Å²) in [4.78, 5) is 14.5. The Balaban J connectivity index is 1.96. The van der Waals surface area contributed by atoms with E-state index in [1.54, 1.807) is 0 Å². The van der Waals surface area contributed by atoms with Crippen LogP contribution in [0.15, 0.2) is 0 Å². The van der Waals surface area contributed by atoms with E-state index in [-0.39, 0.29) is 12.0 Å². The maximum absolute atomic E-state index is 12.0. The Kier molecular flexibility index (Phi) is 5.99. The number of nitrogens with one attached hydrogen (secondary N) is 1. The largest absolute Gasteiger partial charge is 0.462 e. The van der Waals surface area contributed by atoms with Crippen molar-refractivity contribution in [1.82, 2.24) is 9.27 Å². The van der Waals surface area contributed by atoms with Crippen LogP contribution < -0.4 is 5.32 Å². The van der Waals surface area contributed by atoms with Crippen molar-refractivity contribution in [3.8, 4) is 0 Å². The Morgan fingerprint density at radius 2 is 2.14 bits per heavy atom. The number of carbonyl (C=O) groups is 1. The molecule has 2 rings (SSSR count). The monoisotopic (exact) mass is 311 g/mol. The summed E-state index contributed by atoms with van der Waals surface area (Å²) in [6.45, 7) is 9.56. The summed E-state index contributed by atoms with van der Waals surface area (Å²) in [6, 6.07) is 0.288. The molecular formula is C15H25N3O2S. The Morgan fingerprint density at radius 1 is 1.43 bits per heavy atom. The van der Waals surface area contributed by atoms with Crippen molar-refractivity contribution < 1.29 is 9.53 Å². The molecule has 0 aromatic carbocycles. The van der Waals surface area contributed by atoms with Crippen molar-refractivity contribution in [2.45, 2.75) is 46.1 Å². The highest BCUT2D eigenvalue weighted by atomic mass is 32.1. The van der Waals surface area contributed by atoms with Crippen LogP contribution in [0.1, 0.15) is 49.2 Å². The zero-order valence-corrected chi connectivity index (χ0v) is 14.0. The van der Waals surface area contributed by atoms with Crippen LogP contribution in [0.25, 0.3) is 0 Å². The van der Waals surface area contributed by atoms with Gasteiger partial charge in [-0.05, 0) is 58.2 Å². The van der Waals surface area contributed by atoms with E-state index >= 15 is 0 Å². The lowest BCUT2D eigenvalue weighted by atomic mass is 10.1. The molecule has 6 heteroatoms. The third kappa shape index (κ3) is 4.41. The van der Waals surface area contributed by atoms with E-state index in [0.29, 0.717) is 12.2 Å². The number of esters is 1. The van der Waals surface area contributed by atoms with Crippen LogP contribution in [0, 0.1) is 6.92 Å². The number of likely N-dealkylation sites (tertiary alicyclic amines) is 1. The molecule has 1 aromatic rings. The fourth-order valence-electron chi connectivity index (χ4n) is 2.71. The lowest BCUT2D eigenvalue weighted by Gasteiger charge is -2.29. The molecule has 1 unspecified atom stereocenters. The molecule has 1 aromatic heterocycles. The Hall–Kier alpha value is -1.14. The summed E-state index contributed by atoms with van der Waals surface area (Å²) in [5, 5.41) is 4.26. The number of carbonyl (C=O) groups excluding carboxylic acids is 1. The Morgan fingerprint density at radius 3 is 2.81 bits per heavy atom. The van der Waals surface area contributed by atoms with Gasteiger partial charge in [0.2, 0.25) is 0 Å². The number of nitrogens with zero attached hydrogens (tertiary/aromatic N) is 2. The van der Waals surface area contributed by atoms with Crippen molar-refractivity contribution in [1.29, 1.82) is 0 Å². The van der Waals surface area contributed by atoms with Gasteiger partial charge in [-0.3, -0.25) is 0 Å². The second-order valence-corrected chi connectivity index (χ2v) is 6.37. The molecule has 2 heterocycles. The van der Waals surface area contributed by atoms with E-state index in [1.807, 2.05) is 13.8 Å². The topological polar surface area (TPSA) is 54.5 Å². The second kappa shape index (κ2) is 7.75. The standard InChI is InChI=1S/C15H25N3O2S/c1-4-20-15(19)13-12(3)17-21-14(13)16-11(2)10-18-8-6-5-7-9-18/h11,16H,4-10H2,1-3H3. The van der Waals surface area contributed by atoms with Gasteiger partial charge in [-0.25, -0.2) is 4.79 Å². The minimum atomic E-state index is -0.281. The van der Waals surface area contributed by atoms with Gasteiger partial charge in [-0.2, -0.15) is 4.37 Å². The molecule has 1 fully saturated rings. The van der Waals surface area contributed by atoms with Gasteiger partial charge in [-0.15, -0.1) is 0 Å². The molecule has 0 amide bonds. The lowest BCUT2D eigenvalue weighted by molar-refractivity contribution is 0.0527. The summed E-state index contributed by atoms with van der Waals surface area (Å²) in [7, 11) is 0. The average Bonchev–Trinajstić information content (AvgIpc) is 2.81. The lowest BCUT2D eigenvalue weighted by Crippen LogP contribution is -2.38. The SMILES string of the molecule is CCOC(=O)c1c(C)nsc1NC(C)CN1CCCCC1. The summed E-state index contributed by atoms with van der Waals surface area (Å²) >= 11 is 1.34. The van der Waals surface area contributed by atoms with Crippen LogP contribution in [0.4, 0.5) is 5.00 Å². The van der Waals surface area contributed by atoms with E-state index in [1.165, 1.54) is 43.9 Å². The van der Waals surface area contributed by atoms with Gasteiger partial charge in [0.15, 0.2) is 0 Å². The number of piperidine rings is 1. The molecule has 5 nitrogen and oxygen atoms in total. The van der Waals surface area contributed by atoms with Gasteiger partial charge < -0.3 is 15.0 Å². The highest BCUT2D eigenvalue weighted by molar-refractivity contribution is 7.10. The predicted octanol–water partition coefficient (Wildman–Crippen LogP) is 2.91. The first-order valence-electron chi connectivity index (χ1n) is 7.74. The van der Waals surface area contributed by atoms with Crippen molar-refractivity contribution in [3.63, 3.8) is 0 Å².